The van der Waals surface area contributed by atoms with Gasteiger partial charge in [-0.05, 0) is 41.7 Å². The van der Waals surface area contributed by atoms with Gasteiger partial charge < -0.3 is 18.6 Å². The predicted octanol–water partition coefficient (Wildman–Crippen LogP) is 3.55. The summed E-state index contributed by atoms with van der Waals surface area (Å²) < 4.78 is 12.7. The summed E-state index contributed by atoms with van der Waals surface area (Å²) in [7, 11) is 0. The second kappa shape index (κ2) is 9.29. The maximum absolute atomic E-state index is 13.1. The minimum atomic E-state index is -0.659. The molecule has 2 aromatic carbocycles. The van der Waals surface area contributed by atoms with Crippen LogP contribution in [0.3, 0.4) is 0 Å². The number of rotatable bonds is 5. The second-order valence-corrected chi connectivity index (χ2v) is 9.71. The first kappa shape index (κ1) is 23.7. The van der Waals surface area contributed by atoms with Gasteiger partial charge in [0, 0.05) is 54.8 Å². The average Bonchev–Trinajstić information content (AvgIpc) is 2.91. The Kier molecular flexibility index (Phi) is 5.79. The van der Waals surface area contributed by atoms with Gasteiger partial charge in [-0.2, -0.15) is 0 Å². The van der Waals surface area contributed by atoms with Crippen molar-refractivity contribution in [1.29, 1.82) is 0 Å². The molecular formula is C28H23N3O7. The van der Waals surface area contributed by atoms with Crippen LogP contribution in [0.2, 0.25) is 0 Å². The van der Waals surface area contributed by atoms with Crippen molar-refractivity contribution in [3.05, 3.63) is 103 Å². The zero-order valence-corrected chi connectivity index (χ0v) is 20.2. The molecule has 2 atom stereocenters. The molecule has 1 saturated heterocycles. The highest BCUT2D eigenvalue weighted by Gasteiger charge is 2.37. The molecular weight excluding hydrogens is 490 g/mol. The van der Waals surface area contributed by atoms with Gasteiger partial charge in [0.25, 0.3) is 5.91 Å². The van der Waals surface area contributed by atoms with Crippen LogP contribution in [-0.2, 0) is 11.3 Å². The number of hydrogen-bond acceptors (Lipinski definition) is 7. The number of likely N-dealkylation sites (tertiary alicyclic amines) is 1. The van der Waals surface area contributed by atoms with E-state index in [1.165, 1.54) is 16.7 Å². The zero-order chi connectivity index (χ0) is 26.4. The summed E-state index contributed by atoms with van der Waals surface area (Å²) in [4.78, 5) is 50.0. The van der Waals surface area contributed by atoms with Gasteiger partial charge in [-0.15, -0.1) is 0 Å². The van der Waals surface area contributed by atoms with Crippen LogP contribution in [0.4, 0.5) is 5.69 Å². The van der Waals surface area contributed by atoms with E-state index in [9.17, 15) is 24.5 Å². The van der Waals surface area contributed by atoms with E-state index in [1.54, 1.807) is 29.2 Å². The van der Waals surface area contributed by atoms with Crippen molar-refractivity contribution in [2.75, 3.05) is 19.7 Å². The molecule has 0 radical (unpaired) electrons. The third-order valence-electron chi connectivity index (χ3n) is 7.30. The second-order valence-electron chi connectivity index (χ2n) is 9.71. The smallest absolute Gasteiger partial charge is 0.336 e. The van der Waals surface area contributed by atoms with Gasteiger partial charge >= 0.3 is 16.9 Å². The van der Waals surface area contributed by atoms with Gasteiger partial charge in [0.15, 0.2) is 6.61 Å². The average molecular weight is 514 g/mol. The first-order valence-electron chi connectivity index (χ1n) is 12.3. The number of hydrogen-bond donors (Lipinski definition) is 0. The van der Waals surface area contributed by atoms with Gasteiger partial charge in [-0.3, -0.25) is 19.7 Å². The lowest BCUT2D eigenvalue weighted by Gasteiger charge is -2.42. The van der Waals surface area contributed by atoms with Crippen LogP contribution in [0.15, 0.2) is 80.7 Å². The molecule has 4 aromatic rings. The standard InChI is InChI=1S/C28H23N3O7/c32-26(29-13-17-10-19(15-29)23-8-9-24(31(35)36)28(34)30(23)14-17)16-37-20-6-7-21-22(18-4-2-1-3-5-18)12-27(33)38-25(21)11-20/h1-9,11-12,17,19H,10,13-16H2/t17-,19+/m1/s1. The van der Waals surface area contributed by atoms with E-state index in [4.69, 9.17) is 9.15 Å². The monoisotopic (exact) mass is 513 g/mol. The van der Waals surface area contributed by atoms with Crippen LogP contribution in [0, 0.1) is 16.0 Å². The fourth-order valence-electron chi connectivity index (χ4n) is 5.60. The van der Waals surface area contributed by atoms with Gasteiger partial charge in [0.2, 0.25) is 0 Å². The molecule has 2 aliphatic heterocycles. The lowest BCUT2D eigenvalue weighted by atomic mass is 9.83. The molecule has 0 spiro atoms. The van der Waals surface area contributed by atoms with Crippen LogP contribution in [0.25, 0.3) is 22.1 Å². The SMILES string of the molecule is O=C(COc1ccc2c(-c3ccccc3)cc(=O)oc2c1)N1C[C@H]2C[C@@H](C1)c1ccc([N+](=O)[O-])c(=O)n1C2. The normalized spacial score (nSPS) is 18.2. The number of amides is 1. The summed E-state index contributed by atoms with van der Waals surface area (Å²) in [5.41, 5.74) is 1.22. The highest BCUT2D eigenvalue weighted by atomic mass is 16.6. The van der Waals surface area contributed by atoms with Crippen molar-refractivity contribution in [3.63, 3.8) is 0 Å². The number of nitrogens with zero attached hydrogens (tertiary/aromatic N) is 3. The fraction of sp³-hybridized carbons (Fsp3) is 0.250. The topological polar surface area (TPSA) is 125 Å². The summed E-state index contributed by atoms with van der Waals surface area (Å²) in [6, 6.07) is 19.0. The first-order valence-corrected chi connectivity index (χ1v) is 12.3. The Morgan fingerprint density at radius 1 is 1.03 bits per heavy atom. The predicted molar refractivity (Wildman–Crippen MR) is 138 cm³/mol. The number of benzene rings is 2. The first-order chi connectivity index (χ1) is 18.4. The molecule has 4 heterocycles. The molecule has 0 aliphatic carbocycles. The summed E-state index contributed by atoms with van der Waals surface area (Å²) in [5, 5.41) is 11.9. The highest BCUT2D eigenvalue weighted by molar-refractivity contribution is 5.93. The van der Waals surface area contributed by atoms with E-state index in [1.807, 2.05) is 30.3 Å². The minimum absolute atomic E-state index is 0.0243. The number of piperidine rings is 1. The lowest BCUT2D eigenvalue weighted by molar-refractivity contribution is -0.386. The molecule has 2 aromatic heterocycles. The molecule has 38 heavy (non-hydrogen) atoms. The van der Waals surface area contributed by atoms with Crippen molar-refractivity contribution in [2.24, 2.45) is 5.92 Å². The van der Waals surface area contributed by atoms with Crippen LogP contribution in [0.1, 0.15) is 18.0 Å². The minimum Gasteiger partial charge on any atom is -0.484 e. The quantitative estimate of drug-likeness (QED) is 0.227. The molecule has 0 N–H and O–H groups in total. The Bertz CT molecular complexity index is 1690. The van der Waals surface area contributed by atoms with Crippen LogP contribution < -0.4 is 15.9 Å². The van der Waals surface area contributed by atoms with Crippen molar-refractivity contribution < 1.29 is 18.9 Å². The number of aromatic nitrogens is 1. The summed E-state index contributed by atoms with van der Waals surface area (Å²) in [6.07, 6.45) is 0.815. The van der Waals surface area contributed by atoms with Crippen molar-refractivity contribution in [3.8, 4) is 16.9 Å². The van der Waals surface area contributed by atoms with Gasteiger partial charge in [-0.1, -0.05) is 30.3 Å². The Balaban J connectivity index is 1.18. The zero-order valence-electron chi connectivity index (χ0n) is 20.2. The summed E-state index contributed by atoms with van der Waals surface area (Å²) in [5.74, 6) is 0.153. The third-order valence-corrected chi connectivity index (χ3v) is 7.30. The van der Waals surface area contributed by atoms with Crippen molar-refractivity contribution in [1.82, 2.24) is 9.47 Å². The number of carbonyl (C=O) groups is 1. The summed E-state index contributed by atoms with van der Waals surface area (Å²) in [6.45, 7) is 0.994. The summed E-state index contributed by atoms with van der Waals surface area (Å²) >= 11 is 0. The van der Waals surface area contributed by atoms with E-state index in [0.29, 0.717) is 36.7 Å². The molecule has 192 valence electrons. The molecule has 6 rings (SSSR count). The number of pyridine rings is 1. The molecule has 0 saturated carbocycles. The fourth-order valence-corrected chi connectivity index (χ4v) is 5.60. The van der Waals surface area contributed by atoms with E-state index < -0.39 is 21.8 Å². The maximum atomic E-state index is 13.1. The van der Waals surface area contributed by atoms with Gasteiger partial charge in [-0.25, -0.2) is 4.79 Å². The van der Waals surface area contributed by atoms with Crippen molar-refractivity contribution >= 4 is 22.6 Å². The van der Waals surface area contributed by atoms with E-state index >= 15 is 0 Å². The maximum Gasteiger partial charge on any atom is 0.336 e. The lowest BCUT2D eigenvalue weighted by Crippen LogP contribution is -2.50. The van der Waals surface area contributed by atoms with E-state index in [0.717, 1.165) is 22.9 Å². The Morgan fingerprint density at radius 2 is 1.84 bits per heavy atom. The molecule has 2 bridgehead atoms. The molecule has 10 nitrogen and oxygen atoms in total. The Labute approximate surface area is 215 Å². The van der Waals surface area contributed by atoms with Gasteiger partial charge in [0.1, 0.15) is 11.3 Å². The van der Waals surface area contributed by atoms with Crippen molar-refractivity contribution in [2.45, 2.75) is 18.9 Å². The van der Waals surface area contributed by atoms with Crippen LogP contribution in [-0.4, -0.2) is 40.0 Å². The Hall–Kier alpha value is -4.73. The molecule has 1 fully saturated rings. The molecule has 10 heteroatoms. The van der Waals surface area contributed by atoms with Crippen LogP contribution >= 0.6 is 0 Å². The number of carbonyl (C=O) groups excluding carboxylic acids is 1. The number of ether oxygens (including phenoxy) is 1. The van der Waals surface area contributed by atoms with E-state index in [-0.39, 0.29) is 24.3 Å². The van der Waals surface area contributed by atoms with Gasteiger partial charge in [0.05, 0.1) is 4.92 Å². The molecule has 1 amide bonds. The largest absolute Gasteiger partial charge is 0.484 e. The Morgan fingerprint density at radius 3 is 2.63 bits per heavy atom. The molecule has 2 aliphatic rings. The number of nitro groups is 1. The highest BCUT2D eigenvalue weighted by Crippen LogP contribution is 2.36. The third kappa shape index (κ3) is 4.23. The molecule has 0 unspecified atom stereocenters. The van der Waals surface area contributed by atoms with Crippen LogP contribution in [0.5, 0.6) is 5.75 Å². The van der Waals surface area contributed by atoms with E-state index in [2.05, 4.69) is 0 Å². The number of fused-ring (bicyclic) bond motifs is 5.